The fraction of sp³-hybridized carbons (Fsp3) is 0.429. The van der Waals surface area contributed by atoms with E-state index in [0.29, 0.717) is 0 Å². The molecule has 0 amide bonds. The highest BCUT2D eigenvalue weighted by atomic mass is 16.6. The fourth-order valence-corrected chi connectivity index (χ4v) is 4.34. The summed E-state index contributed by atoms with van der Waals surface area (Å²) < 4.78 is 6.54. The number of epoxide rings is 1. The zero-order valence-electron chi connectivity index (χ0n) is 13.1. The quantitative estimate of drug-likeness (QED) is 0.727. The van der Waals surface area contributed by atoms with E-state index in [0.717, 1.165) is 12.8 Å². The van der Waals surface area contributed by atoms with Crippen molar-refractivity contribution in [2.24, 2.45) is 0 Å². The Morgan fingerprint density at radius 1 is 0.682 bits per heavy atom. The van der Waals surface area contributed by atoms with Crippen LogP contribution in [0.25, 0.3) is 0 Å². The van der Waals surface area contributed by atoms with E-state index in [9.17, 15) is 0 Å². The number of hydrogen-bond acceptors (Lipinski definition) is 1. The van der Waals surface area contributed by atoms with E-state index in [4.69, 9.17) is 4.74 Å². The molecule has 0 atom stereocenters. The second kappa shape index (κ2) is 5.55. The lowest BCUT2D eigenvalue weighted by Crippen LogP contribution is -2.32. The predicted octanol–water partition coefficient (Wildman–Crippen LogP) is 4.94. The average molecular weight is 292 g/mol. The lowest BCUT2D eigenvalue weighted by atomic mass is 9.75. The molecule has 1 aliphatic carbocycles. The monoisotopic (exact) mass is 292 g/mol. The molecule has 2 aliphatic rings. The molecule has 2 fully saturated rings. The van der Waals surface area contributed by atoms with Crippen molar-refractivity contribution in [3.63, 3.8) is 0 Å². The van der Waals surface area contributed by atoms with Crippen molar-refractivity contribution < 1.29 is 4.74 Å². The number of benzene rings is 2. The smallest absolute Gasteiger partial charge is 0.106 e. The summed E-state index contributed by atoms with van der Waals surface area (Å²) in [5.41, 5.74) is 2.98. The third-order valence-corrected chi connectivity index (χ3v) is 5.51. The van der Waals surface area contributed by atoms with Gasteiger partial charge in [0.1, 0.15) is 5.60 Å². The van der Waals surface area contributed by atoms with Crippen molar-refractivity contribution in [1.82, 2.24) is 0 Å². The Balaban J connectivity index is 1.61. The van der Waals surface area contributed by atoms with E-state index in [1.165, 1.54) is 43.2 Å². The van der Waals surface area contributed by atoms with Crippen molar-refractivity contribution in [3.05, 3.63) is 71.8 Å². The molecular weight excluding hydrogens is 268 g/mol. The predicted molar refractivity (Wildman–Crippen MR) is 89.9 cm³/mol. The Bertz CT molecular complexity index is 569. The average Bonchev–Trinajstić information content (AvgIpc) is 3.14. The highest BCUT2D eigenvalue weighted by molar-refractivity contribution is 5.30. The van der Waals surface area contributed by atoms with Gasteiger partial charge in [-0.25, -0.2) is 0 Å². The molecular formula is C21H24O. The summed E-state index contributed by atoms with van der Waals surface area (Å²) in [6.45, 7) is 0. The minimum absolute atomic E-state index is 0.0239. The van der Waals surface area contributed by atoms with Gasteiger partial charge in [-0.2, -0.15) is 0 Å². The molecule has 4 rings (SSSR count). The molecule has 0 unspecified atom stereocenters. The van der Waals surface area contributed by atoms with Crippen LogP contribution in [0.1, 0.15) is 43.2 Å². The van der Waals surface area contributed by atoms with E-state index in [1.54, 1.807) is 0 Å². The number of ether oxygens (including phenoxy) is 1. The maximum Gasteiger partial charge on any atom is 0.106 e. The summed E-state index contributed by atoms with van der Waals surface area (Å²) in [7, 11) is 0. The molecule has 1 spiro atoms. The first-order chi connectivity index (χ1) is 10.8. The SMILES string of the molecule is c1ccc(CC2(Cc3ccccc3)OC23CCCCC3)cc1. The van der Waals surface area contributed by atoms with Gasteiger partial charge in [-0.3, -0.25) is 0 Å². The molecule has 114 valence electrons. The summed E-state index contributed by atoms with van der Waals surface area (Å²) in [6.07, 6.45) is 8.60. The molecule has 2 aromatic rings. The van der Waals surface area contributed by atoms with Gasteiger partial charge in [0.05, 0.1) is 5.60 Å². The number of rotatable bonds is 4. The Hall–Kier alpha value is -1.60. The van der Waals surface area contributed by atoms with E-state index < -0.39 is 0 Å². The van der Waals surface area contributed by atoms with Crippen LogP contribution in [0.4, 0.5) is 0 Å². The van der Waals surface area contributed by atoms with Gasteiger partial charge < -0.3 is 4.74 Å². The van der Waals surface area contributed by atoms with Gasteiger partial charge in [-0.05, 0) is 24.0 Å². The van der Waals surface area contributed by atoms with Crippen LogP contribution >= 0.6 is 0 Å². The molecule has 2 aromatic carbocycles. The number of hydrogen-bond donors (Lipinski definition) is 0. The van der Waals surface area contributed by atoms with Crippen LogP contribution in [-0.2, 0) is 17.6 Å². The molecule has 1 nitrogen and oxygen atoms in total. The molecule has 22 heavy (non-hydrogen) atoms. The molecule has 0 aromatic heterocycles. The van der Waals surface area contributed by atoms with Gasteiger partial charge in [-0.15, -0.1) is 0 Å². The standard InChI is InChI=1S/C21H24O/c1-4-10-18(11-5-1)16-21(17-19-12-6-2-7-13-19)20(22-21)14-8-3-9-15-20/h1-2,4-7,10-13H,3,8-9,14-17H2. The highest BCUT2D eigenvalue weighted by Gasteiger charge is 2.68. The highest BCUT2D eigenvalue weighted by Crippen LogP contribution is 2.59. The van der Waals surface area contributed by atoms with Gasteiger partial charge in [0.2, 0.25) is 0 Å². The second-order valence-electron chi connectivity index (χ2n) is 6.98. The van der Waals surface area contributed by atoms with E-state index >= 15 is 0 Å². The molecule has 1 heterocycles. The van der Waals surface area contributed by atoms with Crippen LogP contribution in [0.2, 0.25) is 0 Å². The Labute approximate surface area is 133 Å². The maximum absolute atomic E-state index is 6.54. The van der Waals surface area contributed by atoms with Crippen LogP contribution in [-0.4, -0.2) is 11.2 Å². The van der Waals surface area contributed by atoms with Crippen LogP contribution in [0.5, 0.6) is 0 Å². The normalized spacial score (nSPS) is 21.6. The van der Waals surface area contributed by atoms with Gasteiger partial charge in [0, 0.05) is 12.8 Å². The minimum Gasteiger partial charge on any atom is -0.362 e. The van der Waals surface area contributed by atoms with Crippen LogP contribution < -0.4 is 0 Å². The molecule has 1 heteroatoms. The Morgan fingerprint density at radius 2 is 1.18 bits per heavy atom. The van der Waals surface area contributed by atoms with Crippen molar-refractivity contribution in [2.45, 2.75) is 56.1 Å². The van der Waals surface area contributed by atoms with Gasteiger partial charge in [-0.1, -0.05) is 79.9 Å². The molecule has 1 saturated carbocycles. The summed E-state index contributed by atoms with van der Waals surface area (Å²) >= 11 is 0. The Kier molecular flexibility index (Phi) is 3.54. The van der Waals surface area contributed by atoms with Crippen molar-refractivity contribution in [3.8, 4) is 0 Å². The van der Waals surface area contributed by atoms with E-state index in [1.807, 2.05) is 0 Å². The summed E-state index contributed by atoms with van der Waals surface area (Å²) in [5, 5.41) is 0. The molecule has 0 bridgehead atoms. The van der Waals surface area contributed by atoms with Crippen molar-refractivity contribution >= 4 is 0 Å². The molecule has 0 radical (unpaired) electrons. The van der Waals surface area contributed by atoms with Crippen LogP contribution in [0, 0.1) is 0 Å². The van der Waals surface area contributed by atoms with Gasteiger partial charge >= 0.3 is 0 Å². The molecule has 1 aliphatic heterocycles. The summed E-state index contributed by atoms with van der Waals surface area (Å²) in [6, 6.07) is 21.7. The zero-order valence-corrected chi connectivity index (χ0v) is 13.1. The first-order valence-electron chi connectivity index (χ1n) is 8.60. The topological polar surface area (TPSA) is 12.5 Å². The first-order valence-corrected chi connectivity index (χ1v) is 8.60. The van der Waals surface area contributed by atoms with Crippen molar-refractivity contribution in [1.29, 1.82) is 0 Å². The van der Waals surface area contributed by atoms with Crippen molar-refractivity contribution in [2.75, 3.05) is 0 Å². The lowest BCUT2D eigenvalue weighted by Gasteiger charge is -2.24. The third kappa shape index (κ3) is 2.48. The fourth-order valence-electron chi connectivity index (χ4n) is 4.34. The van der Waals surface area contributed by atoms with Crippen LogP contribution in [0.15, 0.2) is 60.7 Å². The Morgan fingerprint density at radius 3 is 1.68 bits per heavy atom. The zero-order chi connectivity index (χ0) is 14.9. The summed E-state index contributed by atoms with van der Waals surface area (Å²) in [5.74, 6) is 0. The van der Waals surface area contributed by atoms with E-state index in [2.05, 4.69) is 60.7 Å². The van der Waals surface area contributed by atoms with Gasteiger partial charge in [0.25, 0.3) is 0 Å². The minimum atomic E-state index is 0.0239. The maximum atomic E-state index is 6.54. The summed E-state index contributed by atoms with van der Waals surface area (Å²) in [4.78, 5) is 0. The second-order valence-corrected chi connectivity index (χ2v) is 6.98. The van der Waals surface area contributed by atoms with Gasteiger partial charge in [0.15, 0.2) is 0 Å². The lowest BCUT2D eigenvalue weighted by molar-refractivity contribution is 0.222. The third-order valence-electron chi connectivity index (χ3n) is 5.51. The molecule has 0 N–H and O–H groups in total. The molecule has 1 saturated heterocycles. The van der Waals surface area contributed by atoms with E-state index in [-0.39, 0.29) is 11.2 Å². The first kappa shape index (κ1) is 14.0. The van der Waals surface area contributed by atoms with Crippen LogP contribution in [0.3, 0.4) is 0 Å². The largest absolute Gasteiger partial charge is 0.362 e.